The Morgan fingerprint density at radius 3 is 2.51 bits per heavy atom. The number of hydrogen-bond acceptors (Lipinski definition) is 8. The van der Waals surface area contributed by atoms with Crippen molar-refractivity contribution < 1.29 is 23.8 Å². The number of aromatic nitrogens is 1. The van der Waals surface area contributed by atoms with Crippen LogP contribution in [0.15, 0.2) is 69.6 Å². The van der Waals surface area contributed by atoms with Gasteiger partial charge in [0.1, 0.15) is 0 Å². The van der Waals surface area contributed by atoms with E-state index >= 15 is 0 Å². The first-order valence-electron chi connectivity index (χ1n) is 11.8. The van der Waals surface area contributed by atoms with Crippen molar-refractivity contribution in [1.82, 2.24) is 4.57 Å². The molecule has 37 heavy (non-hydrogen) atoms. The van der Waals surface area contributed by atoms with E-state index in [0.29, 0.717) is 26.3 Å². The first-order chi connectivity index (χ1) is 17.7. The van der Waals surface area contributed by atoms with Gasteiger partial charge < -0.3 is 14.2 Å². The van der Waals surface area contributed by atoms with Crippen LogP contribution in [0.2, 0.25) is 0 Å². The van der Waals surface area contributed by atoms with E-state index in [4.69, 9.17) is 14.2 Å². The summed E-state index contributed by atoms with van der Waals surface area (Å²) in [6.45, 7) is 7.16. The molecule has 0 bridgehead atoms. The fraction of sp³-hybridized carbons (Fsp3) is 0.286. The average Bonchev–Trinajstić information content (AvgIpc) is 3.16. The number of allylic oxidation sites excluding steroid dienone is 1. The predicted molar refractivity (Wildman–Crippen MR) is 140 cm³/mol. The molecule has 192 valence electrons. The monoisotopic (exact) mass is 520 g/mol. The minimum absolute atomic E-state index is 0.137. The van der Waals surface area contributed by atoms with Gasteiger partial charge in [-0.15, -0.1) is 0 Å². The van der Waals surface area contributed by atoms with E-state index < -0.39 is 18.0 Å². The summed E-state index contributed by atoms with van der Waals surface area (Å²) in [5, 5.41) is 0. The Morgan fingerprint density at radius 1 is 1.14 bits per heavy atom. The zero-order chi connectivity index (χ0) is 26.7. The molecule has 8 nitrogen and oxygen atoms in total. The summed E-state index contributed by atoms with van der Waals surface area (Å²) in [5.41, 5.74) is 1.92. The summed E-state index contributed by atoms with van der Waals surface area (Å²) in [4.78, 5) is 43.7. The van der Waals surface area contributed by atoms with Crippen LogP contribution in [0.3, 0.4) is 0 Å². The lowest BCUT2D eigenvalue weighted by Crippen LogP contribution is -2.40. The van der Waals surface area contributed by atoms with Gasteiger partial charge in [-0.05, 0) is 42.2 Å². The molecule has 0 saturated carbocycles. The molecule has 4 rings (SSSR count). The SMILES string of the molecule is COc1cc(C2C(C(=O)OCC(C)C)=C(C)N=c3sc(=Cc4ccccc4)c(=O)n32)ccc1OC(C)=O. The molecule has 0 N–H and O–H groups in total. The quantitative estimate of drug-likeness (QED) is 0.350. The molecule has 0 saturated heterocycles. The van der Waals surface area contributed by atoms with Crippen LogP contribution in [-0.2, 0) is 14.3 Å². The van der Waals surface area contributed by atoms with Gasteiger partial charge in [0.25, 0.3) is 5.56 Å². The second kappa shape index (κ2) is 11.0. The minimum atomic E-state index is -0.811. The molecule has 1 aliphatic heterocycles. The summed E-state index contributed by atoms with van der Waals surface area (Å²) in [6.07, 6.45) is 1.81. The van der Waals surface area contributed by atoms with Gasteiger partial charge in [0.15, 0.2) is 16.3 Å². The fourth-order valence-electron chi connectivity index (χ4n) is 4.01. The molecular weight excluding hydrogens is 492 g/mol. The van der Waals surface area contributed by atoms with Crippen molar-refractivity contribution in [2.75, 3.05) is 13.7 Å². The maximum atomic E-state index is 13.7. The lowest BCUT2D eigenvalue weighted by molar-refractivity contribution is -0.140. The van der Waals surface area contributed by atoms with Crippen molar-refractivity contribution in [2.45, 2.75) is 33.7 Å². The van der Waals surface area contributed by atoms with Crippen molar-refractivity contribution in [3.63, 3.8) is 0 Å². The van der Waals surface area contributed by atoms with Crippen LogP contribution in [0, 0.1) is 5.92 Å². The Bertz CT molecular complexity index is 1550. The number of esters is 2. The second-order valence-electron chi connectivity index (χ2n) is 8.99. The molecule has 3 aromatic rings. The van der Waals surface area contributed by atoms with Crippen LogP contribution in [0.5, 0.6) is 11.5 Å². The van der Waals surface area contributed by atoms with Gasteiger partial charge in [0, 0.05) is 6.92 Å². The van der Waals surface area contributed by atoms with Gasteiger partial charge in [0.2, 0.25) is 0 Å². The Hall–Kier alpha value is -3.98. The Labute approximate surface area is 218 Å². The van der Waals surface area contributed by atoms with Gasteiger partial charge >= 0.3 is 11.9 Å². The molecule has 1 aliphatic rings. The van der Waals surface area contributed by atoms with Crippen molar-refractivity contribution in [3.05, 3.63) is 90.6 Å². The molecule has 2 heterocycles. The topological polar surface area (TPSA) is 96.2 Å². The largest absolute Gasteiger partial charge is 0.493 e. The third kappa shape index (κ3) is 5.56. The van der Waals surface area contributed by atoms with E-state index in [-0.39, 0.29) is 29.4 Å². The molecule has 0 radical (unpaired) electrons. The highest BCUT2D eigenvalue weighted by atomic mass is 32.1. The fourth-order valence-corrected chi connectivity index (χ4v) is 5.06. The molecule has 9 heteroatoms. The zero-order valence-electron chi connectivity index (χ0n) is 21.3. The van der Waals surface area contributed by atoms with Crippen molar-refractivity contribution >= 4 is 29.4 Å². The molecule has 1 unspecified atom stereocenters. The number of rotatable bonds is 7. The van der Waals surface area contributed by atoms with Gasteiger partial charge in [-0.2, -0.15) is 0 Å². The van der Waals surface area contributed by atoms with E-state index in [1.54, 1.807) is 31.2 Å². The number of methoxy groups -OCH3 is 1. The molecule has 0 aliphatic carbocycles. The van der Waals surface area contributed by atoms with E-state index in [2.05, 4.69) is 4.99 Å². The summed E-state index contributed by atoms with van der Waals surface area (Å²) in [6, 6.07) is 13.7. The van der Waals surface area contributed by atoms with Gasteiger partial charge in [0.05, 0.1) is 35.6 Å². The van der Waals surface area contributed by atoms with E-state index in [1.807, 2.05) is 44.2 Å². The first kappa shape index (κ1) is 26.1. The molecule has 2 aromatic carbocycles. The van der Waals surface area contributed by atoms with E-state index in [1.165, 1.54) is 29.9 Å². The standard InChI is InChI=1S/C28H28N2O6S/c1-16(2)15-35-27(33)24-17(3)29-28-30(26(32)23(37-28)13-19-9-7-6-8-10-19)25(24)20-11-12-21(36-18(4)31)22(14-20)34-5/h6-14,16,25H,15H2,1-5H3. The van der Waals surface area contributed by atoms with E-state index in [9.17, 15) is 14.4 Å². The number of hydrogen-bond donors (Lipinski definition) is 0. The molecule has 0 fully saturated rings. The molecule has 1 aromatic heterocycles. The summed E-state index contributed by atoms with van der Waals surface area (Å²) >= 11 is 1.25. The van der Waals surface area contributed by atoms with Gasteiger partial charge in [-0.3, -0.25) is 14.2 Å². The number of benzene rings is 2. The van der Waals surface area contributed by atoms with Crippen LogP contribution >= 0.6 is 11.3 Å². The summed E-state index contributed by atoms with van der Waals surface area (Å²) in [7, 11) is 1.45. The average molecular weight is 521 g/mol. The van der Waals surface area contributed by atoms with Crippen molar-refractivity contribution in [1.29, 1.82) is 0 Å². The highest BCUT2D eigenvalue weighted by Crippen LogP contribution is 2.36. The number of thiazole rings is 1. The lowest BCUT2D eigenvalue weighted by Gasteiger charge is -2.25. The molecule has 0 spiro atoms. The second-order valence-corrected chi connectivity index (χ2v) is 10.00. The van der Waals surface area contributed by atoms with Gasteiger partial charge in [-0.1, -0.05) is 61.6 Å². The highest BCUT2D eigenvalue weighted by molar-refractivity contribution is 7.07. The first-order valence-corrected chi connectivity index (χ1v) is 12.6. The highest BCUT2D eigenvalue weighted by Gasteiger charge is 2.34. The number of fused-ring (bicyclic) bond motifs is 1. The number of ether oxygens (including phenoxy) is 3. The van der Waals surface area contributed by atoms with Crippen LogP contribution in [0.25, 0.3) is 6.08 Å². The maximum Gasteiger partial charge on any atom is 0.338 e. The molecule has 1 atom stereocenters. The van der Waals surface area contributed by atoms with Crippen molar-refractivity contribution in [2.24, 2.45) is 10.9 Å². The Kier molecular flexibility index (Phi) is 7.73. The summed E-state index contributed by atoms with van der Waals surface area (Å²) in [5.74, 6) is -0.365. The van der Waals surface area contributed by atoms with Crippen molar-refractivity contribution in [3.8, 4) is 11.5 Å². The lowest BCUT2D eigenvalue weighted by atomic mass is 9.95. The number of carbonyl (C=O) groups is 2. The van der Waals surface area contributed by atoms with Crippen LogP contribution in [-0.4, -0.2) is 30.2 Å². The normalized spacial score (nSPS) is 15.3. The van der Waals surface area contributed by atoms with Crippen LogP contribution < -0.4 is 24.4 Å². The summed E-state index contributed by atoms with van der Waals surface area (Å²) < 4.78 is 18.3. The predicted octanol–water partition coefficient (Wildman–Crippen LogP) is 3.37. The van der Waals surface area contributed by atoms with E-state index in [0.717, 1.165) is 5.56 Å². The minimum Gasteiger partial charge on any atom is -0.493 e. The molecule has 0 amide bonds. The third-order valence-corrected chi connectivity index (χ3v) is 6.63. The Balaban J connectivity index is 1.92. The number of carbonyl (C=O) groups excluding carboxylic acids is 2. The van der Waals surface area contributed by atoms with Gasteiger partial charge in [-0.25, -0.2) is 9.79 Å². The third-order valence-electron chi connectivity index (χ3n) is 5.64. The zero-order valence-corrected chi connectivity index (χ0v) is 22.1. The maximum absolute atomic E-state index is 13.7. The van der Waals surface area contributed by atoms with Crippen LogP contribution in [0.4, 0.5) is 0 Å². The Morgan fingerprint density at radius 2 is 1.86 bits per heavy atom. The smallest absolute Gasteiger partial charge is 0.338 e. The van der Waals surface area contributed by atoms with Crippen LogP contribution in [0.1, 0.15) is 44.9 Å². The number of nitrogens with zero attached hydrogens (tertiary/aromatic N) is 2. The molecular formula is C28H28N2O6S.